The van der Waals surface area contributed by atoms with Gasteiger partial charge in [-0.2, -0.15) is 0 Å². The number of ether oxygens (including phenoxy) is 1. The van der Waals surface area contributed by atoms with Crippen molar-refractivity contribution in [2.75, 3.05) is 0 Å². The average molecular weight is 412 g/mol. The molecule has 0 aliphatic carbocycles. The van der Waals surface area contributed by atoms with Gasteiger partial charge in [-0.25, -0.2) is 0 Å². The molecule has 0 saturated carbocycles. The maximum atomic E-state index is 11.4. The molecule has 0 aromatic rings. The zero-order chi connectivity index (χ0) is 18.8. The van der Waals surface area contributed by atoms with Crippen LogP contribution in [-0.2, 0) is 24.7 Å². The number of esters is 2. The van der Waals surface area contributed by atoms with Crippen LogP contribution in [0.25, 0.3) is 0 Å². The van der Waals surface area contributed by atoms with Crippen LogP contribution < -0.4 is 59.1 Å². The standard InChI is InChI=1S/C16H30O3.2Na.H2O4S/c1-3-5-7-9-11-13-15(17)19-16(18)14-12-10-8-6-4-2;;;1-5(2,3)4/h3-14H2,1-2H3;;;(H2,1,2,3,4)/q;2*+1;/p-2. The molecule has 0 heterocycles. The molecule has 0 saturated heterocycles. The number of rotatable bonds is 12. The second-order valence-electron chi connectivity index (χ2n) is 5.58. The Morgan fingerprint density at radius 1 is 0.692 bits per heavy atom. The molecule has 0 rings (SSSR count). The van der Waals surface area contributed by atoms with Crippen LogP contribution in [0.5, 0.6) is 0 Å². The van der Waals surface area contributed by atoms with E-state index >= 15 is 0 Å². The van der Waals surface area contributed by atoms with Gasteiger partial charge in [-0.15, -0.1) is 0 Å². The first-order valence-electron chi connectivity index (χ1n) is 8.60. The third-order valence-electron chi connectivity index (χ3n) is 3.20. The molecule has 0 bridgehead atoms. The Balaban J connectivity index is -0.000000304. The molecular formula is C16H30Na2O7S. The van der Waals surface area contributed by atoms with E-state index in [9.17, 15) is 9.59 Å². The SMILES string of the molecule is CCCCCCCC(=O)OC(=O)CCCCCCC.O=S(=O)([O-])[O-].[Na+].[Na+]. The fourth-order valence-corrected chi connectivity index (χ4v) is 1.97. The van der Waals surface area contributed by atoms with Crippen LogP contribution >= 0.6 is 0 Å². The van der Waals surface area contributed by atoms with Gasteiger partial charge in [0.15, 0.2) is 0 Å². The van der Waals surface area contributed by atoms with Crippen molar-refractivity contribution in [3.63, 3.8) is 0 Å². The van der Waals surface area contributed by atoms with Gasteiger partial charge in [0.1, 0.15) is 0 Å². The summed E-state index contributed by atoms with van der Waals surface area (Å²) >= 11 is 0. The summed E-state index contributed by atoms with van der Waals surface area (Å²) in [5.74, 6) is -0.704. The fraction of sp³-hybridized carbons (Fsp3) is 0.875. The Kier molecular flexibility index (Phi) is 31.9. The van der Waals surface area contributed by atoms with Crippen molar-refractivity contribution in [2.24, 2.45) is 0 Å². The van der Waals surface area contributed by atoms with E-state index in [4.69, 9.17) is 22.3 Å². The smallest absolute Gasteiger partial charge is 0.759 e. The van der Waals surface area contributed by atoms with E-state index in [1.807, 2.05) is 0 Å². The van der Waals surface area contributed by atoms with Crippen LogP contribution in [0.2, 0.25) is 0 Å². The Labute approximate surface area is 202 Å². The summed E-state index contributed by atoms with van der Waals surface area (Å²) in [6.45, 7) is 4.32. The van der Waals surface area contributed by atoms with Gasteiger partial charge in [0.25, 0.3) is 0 Å². The Bertz CT molecular complexity index is 396. The minimum Gasteiger partial charge on any atom is -0.759 e. The molecule has 0 radical (unpaired) electrons. The van der Waals surface area contributed by atoms with Gasteiger partial charge in [-0.05, 0) is 12.8 Å². The quantitative estimate of drug-likeness (QED) is 0.0863. The van der Waals surface area contributed by atoms with E-state index in [2.05, 4.69) is 13.8 Å². The van der Waals surface area contributed by atoms with Crippen LogP contribution in [0.3, 0.4) is 0 Å². The Morgan fingerprint density at radius 2 is 0.962 bits per heavy atom. The summed E-state index contributed by atoms with van der Waals surface area (Å²) in [5, 5.41) is 0. The molecule has 0 fully saturated rings. The second kappa shape index (κ2) is 24.0. The number of unbranched alkanes of at least 4 members (excludes halogenated alkanes) is 8. The number of hydrogen-bond donors (Lipinski definition) is 0. The average Bonchev–Trinajstić information content (AvgIpc) is 2.45. The van der Waals surface area contributed by atoms with Crippen LogP contribution in [0, 0.1) is 0 Å². The molecule has 0 aromatic carbocycles. The van der Waals surface area contributed by atoms with Crippen molar-refractivity contribution < 1.29 is 91.0 Å². The molecule has 0 spiro atoms. The first-order valence-corrected chi connectivity index (χ1v) is 9.94. The second-order valence-corrected chi connectivity index (χ2v) is 6.40. The molecule has 144 valence electrons. The third kappa shape index (κ3) is 39.9. The van der Waals surface area contributed by atoms with Gasteiger partial charge < -0.3 is 13.8 Å². The van der Waals surface area contributed by atoms with Gasteiger partial charge >= 0.3 is 71.1 Å². The van der Waals surface area contributed by atoms with Crippen molar-refractivity contribution in [3.05, 3.63) is 0 Å². The third-order valence-corrected chi connectivity index (χ3v) is 3.20. The van der Waals surface area contributed by atoms with Crippen molar-refractivity contribution in [3.8, 4) is 0 Å². The summed E-state index contributed by atoms with van der Waals surface area (Å²) in [4.78, 5) is 22.8. The predicted molar refractivity (Wildman–Crippen MR) is 88.3 cm³/mol. The predicted octanol–water partition coefficient (Wildman–Crippen LogP) is -2.55. The summed E-state index contributed by atoms with van der Waals surface area (Å²) in [6.07, 6.45) is 11.7. The van der Waals surface area contributed by atoms with Gasteiger partial charge in [0.2, 0.25) is 0 Å². The van der Waals surface area contributed by atoms with E-state index in [0.29, 0.717) is 12.8 Å². The Morgan fingerprint density at radius 3 is 1.23 bits per heavy atom. The van der Waals surface area contributed by atoms with Crippen molar-refractivity contribution in [1.82, 2.24) is 0 Å². The molecule has 0 aliphatic heterocycles. The molecule has 0 amide bonds. The van der Waals surface area contributed by atoms with Crippen LogP contribution in [-0.4, -0.2) is 29.5 Å². The first kappa shape index (κ1) is 34.5. The summed E-state index contributed by atoms with van der Waals surface area (Å²) in [6, 6.07) is 0. The molecule has 7 nitrogen and oxygen atoms in total. The van der Waals surface area contributed by atoms with Crippen LogP contribution in [0.4, 0.5) is 0 Å². The Hall–Kier alpha value is 1.01. The number of carbonyl (C=O) groups excluding carboxylic acids is 2. The topological polar surface area (TPSA) is 124 Å². The molecule has 0 N–H and O–H groups in total. The molecule has 0 unspecified atom stereocenters. The number of carbonyl (C=O) groups is 2. The minimum atomic E-state index is -5.17. The summed E-state index contributed by atoms with van der Waals surface area (Å²) in [7, 11) is -5.17. The van der Waals surface area contributed by atoms with Gasteiger partial charge in [0, 0.05) is 23.2 Å². The molecule has 10 heteroatoms. The number of hydrogen-bond acceptors (Lipinski definition) is 7. The van der Waals surface area contributed by atoms with Crippen molar-refractivity contribution >= 4 is 22.3 Å². The maximum absolute atomic E-state index is 11.4. The maximum Gasteiger partial charge on any atom is 1.00 e. The molecule has 26 heavy (non-hydrogen) atoms. The fourth-order valence-electron chi connectivity index (χ4n) is 1.97. The van der Waals surface area contributed by atoms with Gasteiger partial charge in [-0.1, -0.05) is 65.2 Å². The van der Waals surface area contributed by atoms with Gasteiger partial charge in [-0.3, -0.25) is 18.0 Å². The van der Waals surface area contributed by atoms with E-state index in [1.165, 1.54) is 25.7 Å². The van der Waals surface area contributed by atoms with Crippen LogP contribution in [0.15, 0.2) is 0 Å². The molecule has 0 aromatic heterocycles. The summed E-state index contributed by atoms with van der Waals surface area (Å²) in [5.41, 5.74) is 0. The van der Waals surface area contributed by atoms with E-state index in [1.54, 1.807) is 0 Å². The first-order chi connectivity index (χ1) is 11.2. The van der Waals surface area contributed by atoms with Crippen LogP contribution in [0.1, 0.15) is 90.9 Å². The molecular weight excluding hydrogens is 382 g/mol. The largest absolute Gasteiger partial charge is 1.00 e. The summed E-state index contributed by atoms with van der Waals surface area (Å²) < 4.78 is 38.9. The van der Waals surface area contributed by atoms with Gasteiger partial charge in [0.05, 0.1) is 0 Å². The molecule has 0 aliphatic rings. The van der Waals surface area contributed by atoms with E-state index in [0.717, 1.165) is 38.5 Å². The van der Waals surface area contributed by atoms with E-state index in [-0.39, 0.29) is 71.1 Å². The van der Waals surface area contributed by atoms with Crippen molar-refractivity contribution in [2.45, 2.75) is 90.9 Å². The molecule has 0 atom stereocenters. The zero-order valence-electron chi connectivity index (χ0n) is 16.8. The zero-order valence-corrected chi connectivity index (χ0v) is 21.6. The van der Waals surface area contributed by atoms with Crippen molar-refractivity contribution in [1.29, 1.82) is 0 Å². The monoisotopic (exact) mass is 412 g/mol. The minimum absolute atomic E-state index is 0. The van der Waals surface area contributed by atoms with E-state index < -0.39 is 10.4 Å². The normalized spacial score (nSPS) is 9.85.